The smallest absolute Gasteiger partial charge is 0.266 e. The van der Waals surface area contributed by atoms with Gasteiger partial charge in [-0.3, -0.25) is 14.6 Å². The summed E-state index contributed by atoms with van der Waals surface area (Å²) >= 11 is 0. The average Bonchev–Trinajstić information content (AvgIpc) is 2.47. The molecule has 0 aliphatic carbocycles. The monoisotopic (exact) mass is 195 g/mol. The van der Waals surface area contributed by atoms with Gasteiger partial charge in [-0.2, -0.15) is 0 Å². The molecule has 1 aliphatic rings. The first-order valence-electron chi connectivity index (χ1n) is 5.25. The van der Waals surface area contributed by atoms with Gasteiger partial charge in [-0.15, -0.1) is 0 Å². The van der Waals surface area contributed by atoms with Crippen molar-refractivity contribution in [3.63, 3.8) is 0 Å². The van der Waals surface area contributed by atoms with E-state index in [9.17, 15) is 4.79 Å². The van der Waals surface area contributed by atoms with Crippen LogP contribution in [0.4, 0.5) is 0 Å². The number of piperidine rings is 1. The highest BCUT2D eigenvalue weighted by molar-refractivity contribution is 4.96. The molecule has 1 aliphatic heterocycles. The van der Waals surface area contributed by atoms with Crippen molar-refractivity contribution in [2.45, 2.75) is 38.8 Å². The number of aryl methyl sites for hydroxylation is 1. The molecule has 0 aromatic carbocycles. The van der Waals surface area contributed by atoms with Crippen molar-refractivity contribution in [2.24, 2.45) is 0 Å². The molecule has 1 fully saturated rings. The molecule has 1 atom stereocenters. The summed E-state index contributed by atoms with van der Waals surface area (Å²) in [5, 5.41) is 6.48. The van der Waals surface area contributed by atoms with Crippen LogP contribution in [0.1, 0.15) is 25.0 Å². The molecule has 4 heteroatoms. The Balaban J connectivity index is 2.02. The van der Waals surface area contributed by atoms with E-state index in [1.54, 1.807) is 10.7 Å². The van der Waals surface area contributed by atoms with Crippen molar-refractivity contribution in [1.29, 1.82) is 0 Å². The molecule has 1 saturated heterocycles. The zero-order valence-corrected chi connectivity index (χ0v) is 8.55. The van der Waals surface area contributed by atoms with Gasteiger partial charge in [-0.05, 0) is 26.3 Å². The van der Waals surface area contributed by atoms with Gasteiger partial charge in [0, 0.05) is 17.8 Å². The Morgan fingerprint density at radius 2 is 2.43 bits per heavy atom. The summed E-state index contributed by atoms with van der Waals surface area (Å²) in [5.74, 6) is 0. The fourth-order valence-corrected chi connectivity index (χ4v) is 2.00. The van der Waals surface area contributed by atoms with E-state index in [0.29, 0.717) is 6.04 Å². The molecule has 0 bridgehead atoms. The van der Waals surface area contributed by atoms with Crippen molar-refractivity contribution >= 4 is 0 Å². The van der Waals surface area contributed by atoms with Crippen LogP contribution in [-0.2, 0) is 6.54 Å². The number of H-pyrrole nitrogens is 1. The maximum atomic E-state index is 11.4. The predicted octanol–water partition coefficient (Wildman–Crippen LogP) is 0.627. The molecule has 14 heavy (non-hydrogen) atoms. The van der Waals surface area contributed by atoms with E-state index in [4.69, 9.17) is 0 Å². The fourth-order valence-electron chi connectivity index (χ4n) is 2.00. The first-order valence-corrected chi connectivity index (χ1v) is 5.25. The second kappa shape index (κ2) is 4.00. The minimum Gasteiger partial charge on any atom is -0.312 e. The van der Waals surface area contributed by atoms with E-state index in [1.807, 2.05) is 6.92 Å². The summed E-state index contributed by atoms with van der Waals surface area (Å²) in [6.07, 6.45) is 3.70. The van der Waals surface area contributed by atoms with Gasteiger partial charge in [0.15, 0.2) is 0 Å². The second-order valence-corrected chi connectivity index (χ2v) is 4.03. The lowest BCUT2D eigenvalue weighted by Crippen LogP contribution is -2.39. The van der Waals surface area contributed by atoms with E-state index < -0.39 is 0 Å². The lowest BCUT2D eigenvalue weighted by Gasteiger charge is -2.23. The molecule has 2 N–H and O–H groups in total. The summed E-state index contributed by atoms with van der Waals surface area (Å²) in [4.78, 5) is 11.4. The average molecular weight is 195 g/mol. The van der Waals surface area contributed by atoms with Crippen LogP contribution in [0.5, 0.6) is 0 Å². The number of nitrogens with one attached hydrogen (secondary N) is 2. The lowest BCUT2D eigenvalue weighted by molar-refractivity contribution is 0.347. The van der Waals surface area contributed by atoms with E-state index in [2.05, 4.69) is 10.4 Å². The predicted molar refractivity (Wildman–Crippen MR) is 55.4 cm³/mol. The van der Waals surface area contributed by atoms with Gasteiger partial charge in [-0.1, -0.05) is 6.42 Å². The Morgan fingerprint density at radius 1 is 1.57 bits per heavy atom. The molecule has 2 heterocycles. The van der Waals surface area contributed by atoms with Crippen molar-refractivity contribution in [3.05, 3.63) is 22.1 Å². The quantitative estimate of drug-likeness (QED) is 0.727. The van der Waals surface area contributed by atoms with Crippen molar-refractivity contribution in [1.82, 2.24) is 15.1 Å². The third kappa shape index (κ3) is 2.07. The molecular weight excluding hydrogens is 178 g/mol. The summed E-state index contributed by atoms with van der Waals surface area (Å²) in [6, 6.07) is 2.10. The zero-order chi connectivity index (χ0) is 9.97. The highest BCUT2D eigenvalue weighted by Gasteiger charge is 2.13. The van der Waals surface area contributed by atoms with Gasteiger partial charge < -0.3 is 5.32 Å². The lowest BCUT2D eigenvalue weighted by atomic mass is 10.1. The van der Waals surface area contributed by atoms with Gasteiger partial charge in [0.25, 0.3) is 5.56 Å². The van der Waals surface area contributed by atoms with Crippen molar-refractivity contribution < 1.29 is 0 Å². The van der Waals surface area contributed by atoms with Crippen LogP contribution >= 0.6 is 0 Å². The summed E-state index contributed by atoms with van der Waals surface area (Å²) in [7, 11) is 0. The Kier molecular flexibility index (Phi) is 2.72. The number of nitrogens with zero attached hydrogens (tertiary/aromatic N) is 1. The summed E-state index contributed by atoms with van der Waals surface area (Å²) in [5.41, 5.74) is 1.01. The SMILES string of the molecule is Cc1cc(=O)n(C[C@@H]2CCCCN2)[nH]1. The number of aromatic amines is 1. The molecule has 2 rings (SSSR count). The Morgan fingerprint density at radius 3 is 3.00 bits per heavy atom. The second-order valence-electron chi connectivity index (χ2n) is 4.03. The highest BCUT2D eigenvalue weighted by Crippen LogP contribution is 2.07. The van der Waals surface area contributed by atoms with Crippen LogP contribution in [0, 0.1) is 6.92 Å². The Hall–Kier alpha value is -1.03. The first kappa shape index (κ1) is 9.52. The normalized spacial score (nSPS) is 22.5. The van der Waals surface area contributed by atoms with Crippen LogP contribution in [0.15, 0.2) is 10.9 Å². The summed E-state index contributed by atoms with van der Waals surface area (Å²) in [6.45, 7) is 3.76. The molecule has 78 valence electrons. The standard InChI is InChI=1S/C10H17N3O/c1-8-6-10(14)13(12-8)7-9-4-2-3-5-11-9/h6,9,11-12H,2-5,7H2,1H3/t9-/m0/s1. The van der Waals surface area contributed by atoms with Crippen molar-refractivity contribution in [2.75, 3.05) is 6.54 Å². The first-order chi connectivity index (χ1) is 6.75. The van der Waals surface area contributed by atoms with Crippen LogP contribution in [0.2, 0.25) is 0 Å². The van der Waals surface area contributed by atoms with E-state index in [-0.39, 0.29) is 5.56 Å². The van der Waals surface area contributed by atoms with Gasteiger partial charge in [0.1, 0.15) is 0 Å². The minimum absolute atomic E-state index is 0.0786. The van der Waals surface area contributed by atoms with Crippen LogP contribution in [-0.4, -0.2) is 22.4 Å². The molecule has 0 radical (unpaired) electrons. The number of rotatable bonds is 2. The topological polar surface area (TPSA) is 49.8 Å². The number of hydrogen-bond acceptors (Lipinski definition) is 2. The summed E-state index contributed by atoms with van der Waals surface area (Å²) < 4.78 is 1.69. The molecule has 0 saturated carbocycles. The molecule has 0 spiro atoms. The third-order valence-corrected chi connectivity index (χ3v) is 2.73. The maximum Gasteiger partial charge on any atom is 0.266 e. The van der Waals surface area contributed by atoms with E-state index in [1.165, 1.54) is 19.3 Å². The van der Waals surface area contributed by atoms with Crippen molar-refractivity contribution in [3.8, 4) is 0 Å². The van der Waals surface area contributed by atoms with E-state index in [0.717, 1.165) is 18.8 Å². The molecule has 0 unspecified atom stereocenters. The highest BCUT2D eigenvalue weighted by atomic mass is 16.1. The molecule has 1 aromatic heterocycles. The third-order valence-electron chi connectivity index (χ3n) is 2.73. The Bertz CT molecular complexity index is 346. The number of hydrogen-bond donors (Lipinski definition) is 2. The van der Waals surface area contributed by atoms with Gasteiger partial charge >= 0.3 is 0 Å². The largest absolute Gasteiger partial charge is 0.312 e. The molecule has 1 aromatic rings. The molecular formula is C10H17N3O. The zero-order valence-electron chi connectivity index (χ0n) is 8.55. The van der Waals surface area contributed by atoms with Crippen LogP contribution in [0.25, 0.3) is 0 Å². The number of aromatic nitrogens is 2. The minimum atomic E-state index is 0.0786. The van der Waals surface area contributed by atoms with E-state index >= 15 is 0 Å². The van der Waals surface area contributed by atoms with Crippen LogP contribution < -0.4 is 10.9 Å². The maximum absolute atomic E-state index is 11.4. The molecule has 0 amide bonds. The Labute approximate surface area is 83.3 Å². The van der Waals surface area contributed by atoms with Gasteiger partial charge in [0.2, 0.25) is 0 Å². The fraction of sp³-hybridized carbons (Fsp3) is 0.700. The van der Waals surface area contributed by atoms with Gasteiger partial charge in [0.05, 0.1) is 6.54 Å². The van der Waals surface area contributed by atoms with Gasteiger partial charge in [-0.25, -0.2) is 0 Å². The molecule has 4 nitrogen and oxygen atoms in total. The van der Waals surface area contributed by atoms with Crippen LogP contribution in [0.3, 0.4) is 0 Å².